The number of fused-ring (bicyclic) bond motifs is 7. The number of hydrogen-bond donors (Lipinski definition) is 3. The summed E-state index contributed by atoms with van der Waals surface area (Å²) in [6.45, 7) is 5.30. The van der Waals surface area contributed by atoms with Crippen LogP contribution in [0.2, 0.25) is 0 Å². The van der Waals surface area contributed by atoms with Crippen LogP contribution in [0.3, 0.4) is 0 Å². The van der Waals surface area contributed by atoms with Crippen LogP contribution in [0.4, 0.5) is 0 Å². The summed E-state index contributed by atoms with van der Waals surface area (Å²) in [7, 11) is 0. The Morgan fingerprint density at radius 2 is 1.88 bits per heavy atom. The first kappa shape index (κ1) is 28.9. The van der Waals surface area contributed by atoms with Gasteiger partial charge in [0.15, 0.2) is 0 Å². The molecule has 3 heterocycles. The molecule has 3 N–H and O–H groups in total. The van der Waals surface area contributed by atoms with Crippen molar-refractivity contribution in [1.29, 1.82) is 0 Å². The van der Waals surface area contributed by atoms with Crippen LogP contribution in [0, 0.1) is 34.5 Å². The maximum Gasteiger partial charge on any atom is 0.331 e. The van der Waals surface area contributed by atoms with Gasteiger partial charge in [-0.05, 0) is 68.8 Å². The van der Waals surface area contributed by atoms with E-state index < -0.39 is 64.9 Å². The first-order chi connectivity index (χ1) is 19.8. The summed E-state index contributed by atoms with van der Waals surface area (Å²) in [6.07, 6.45) is 2.20. The fourth-order valence-corrected chi connectivity index (χ4v) is 10.6. The molecule has 2 saturated heterocycles. The first-order valence-corrected chi connectivity index (χ1v) is 15.5. The van der Waals surface area contributed by atoms with Crippen molar-refractivity contribution in [3.05, 3.63) is 11.6 Å². The number of esters is 2. The van der Waals surface area contributed by atoms with Crippen LogP contribution < -0.4 is 0 Å². The largest absolute Gasteiger partial charge is 0.462 e. The van der Waals surface area contributed by atoms with E-state index >= 15 is 0 Å². The van der Waals surface area contributed by atoms with Crippen LogP contribution in [-0.4, -0.2) is 88.3 Å². The number of aldehydes is 1. The molecule has 4 saturated carbocycles. The lowest BCUT2D eigenvalue weighted by Gasteiger charge is -2.64. The molecule has 42 heavy (non-hydrogen) atoms. The number of aliphatic hydroxyl groups excluding tert-OH is 1. The molecule has 7 rings (SSSR count). The minimum atomic E-state index is -1.96. The van der Waals surface area contributed by atoms with Crippen molar-refractivity contribution in [3.8, 4) is 0 Å². The molecule has 4 aliphatic carbocycles. The average molecular weight is 591 g/mol. The van der Waals surface area contributed by atoms with Crippen molar-refractivity contribution < 1.29 is 53.4 Å². The topological polar surface area (TPSA) is 158 Å². The fraction of sp³-hybridized carbons (Fsp3) is 0.839. The van der Waals surface area contributed by atoms with Crippen LogP contribution in [0.5, 0.6) is 0 Å². The van der Waals surface area contributed by atoms with E-state index in [0.29, 0.717) is 38.5 Å². The van der Waals surface area contributed by atoms with Crippen LogP contribution in [0.25, 0.3) is 0 Å². The van der Waals surface area contributed by atoms with Gasteiger partial charge >= 0.3 is 11.9 Å². The molecule has 11 nitrogen and oxygen atoms in total. The maximum absolute atomic E-state index is 13.3. The highest BCUT2D eigenvalue weighted by molar-refractivity contribution is 5.85. The van der Waals surface area contributed by atoms with Crippen molar-refractivity contribution in [2.24, 2.45) is 34.5 Å². The average Bonchev–Trinajstić information content (AvgIpc) is 3.43. The standard InChI is InChI=1S/C31H42O11/c1-15-8-24(34)31(37)27(39-15)41-22-11-29(14-32)18(10-21(22)42-31)4-5-20-19(29)6-7-28(3)26(17-9-25(35)38-13-17)23(40-16(2)33)12-30(20,28)36/h9,14-15,18-24,26-27,34,36-37H,4-8,10-13H2,1-3H3/t15-,18+,19+,20-,21-,22-,23-,24-,26+,27+,28-,29-,30+,31+/m1/s1. The van der Waals surface area contributed by atoms with E-state index in [-0.39, 0.29) is 49.2 Å². The third kappa shape index (κ3) is 3.83. The van der Waals surface area contributed by atoms with Crippen molar-refractivity contribution in [2.75, 3.05) is 6.61 Å². The highest BCUT2D eigenvalue weighted by Gasteiger charge is 2.73. The smallest absolute Gasteiger partial charge is 0.331 e. The molecule has 0 spiro atoms. The maximum atomic E-state index is 13.3. The number of hydrogen-bond acceptors (Lipinski definition) is 11. The van der Waals surface area contributed by atoms with E-state index in [4.69, 9.17) is 23.7 Å². The zero-order valence-electron chi connectivity index (χ0n) is 24.4. The number of carbonyl (C=O) groups is 3. The SMILES string of the molecule is CC(=O)O[C@@H]1C[C@]2(O)[C@@H]3CC[C@H]4C[C@H]5O[C@]6(O)[C@@H](O[C@H](C)C[C@H]6O)O[C@@H]5C[C@]4(C=O)[C@H]3CC[C@]2(C)[C@H]1C1=CC(=O)OC1. The van der Waals surface area contributed by atoms with Gasteiger partial charge in [0, 0.05) is 42.6 Å². The van der Waals surface area contributed by atoms with Gasteiger partial charge < -0.3 is 43.8 Å². The predicted octanol–water partition coefficient (Wildman–Crippen LogP) is 1.54. The summed E-state index contributed by atoms with van der Waals surface area (Å²) in [5, 5.41) is 34.6. The number of rotatable bonds is 3. The molecule has 0 unspecified atom stereocenters. The normalized spacial score (nSPS) is 54.7. The lowest BCUT2D eigenvalue weighted by atomic mass is 9.42. The minimum Gasteiger partial charge on any atom is -0.462 e. The fourth-order valence-electron chi connectivity index (χ4n) is 10.6. The lowest BCUT2D eigenvalue weighted by molar-refractivity contribution is -0.457. The van der Waals surface area contributed by atoms with Gasteiger partial charge in [-0.1, -0.05) is 6.92 Å². The molecule has 0 radical (unpaired) electrons. The van der Waals surface area contributed by atoms with Gasteiger partial charge in [-0.3, -0.25) is 4.79 Å². The molecule has 232 valence electrons. The zero-order chi connectivity index (χ0) is 29.8. The van der Waals surface area contributed by atoms with Crippen LogP contribution in [-0.2, 0) is 38.1 Å². The predicted molar refractivity (Wildman–Crippen MR) is 142 cm³/mol. The number of cyclic esters (lactones) is 1. The van der Waals surface area contributed by atoms with Crippen LogP contribution in [0.1, 0.15) is 72.1 Å². The van der Waals surface area contributed by atoms with Gasteiger partial charge in [0.2, 0.25) is 12.1 Å². The van der Waals surface area contributed by atoms with Crippen molar-refractivity contribution in [3.63, 3.8) is 0 Å². The molecular weight excluding hydrogens is 548 g/mol. The molecule has 11 heteroatoms. The Kier molecular flexibility index (Phi) is 6.56. The third-order valence-electron chi connectivity index (χ3n) is 12.4. The summed E-state index contributed by atoms with van der Waals surface area (Å²) in [5.74, 6) is -3.61. The second kappa shape index (κ2) is 9.55. The molecule has 14 atom stereocenters. The molecular formula is C31H42O11. The molecule has 6 fully saturated rings. The monoisotopic (exact) mass is 590 g/mol. The van der Waals surface area contributed by atoms with Gasteiger partial charge in [0.05, 0.1) is 23.9 Å². The van der Waals surface area contributed by atoms with E-state index in [1.807, 2.05) is 6.92 Å². The van der Waals surface area contributed by atoms with Gasteiger partial charge in [0.25, 0.3) is 0 Å². The Morgan fingerprint density at radius 3 is 2.57 bits per heavy atom. The highest BCUT2D eigenvalue weighted by Crippen LogP contribution is 2.70. The Balaban J connectivity index is 1.21. The summed E-state index contributed by atoms with van der Waals surface area (Å²) >= 11 is 0. The van der Waals surface area contributed by atoms with Crippen molar-refractivity contribution in [2.45, 2.75) is 120 Å². The Hall–Kier alpha value is -1.89. The quantitative estimate of drug-likeness (QED) is 0.249. The van der Waals surface area contributed by atoms with Crippen LogP contribution in [0.15, 0.2) is 11.6 Å². The first-order valence-electron chi connectivity index (χ1n) is 15.5. The minimum absolute atomic E-state index is 0.0418. The zero-order valence-corrected chi connectivity index (χ0v) is 24.4. The molecule has 0 aromatic carbocycles. The third-order valence-corrected chi connectivity index (χ3v) is 12.4. The van der Waals surface area contributed by atoms with Crippen molar-refractivity contribution >= 4 is 18.2 Å². The molecule has 0 aromatic heterocycles. The summed E-state index contributed by atoms with van der Waals surface area (Å²) in [4.78, 5) is 37.5. The number of aliphatic hydroxyl groups is 3. The van der Waals surface area contributed by atoms with Gasteiger partial charge in [-0.25, -0.2) is 4.79 Å². The van der Waals surface area contributed by atoms with Gasteiger partial charge in [-0.15, -0.1) is 0 Å². The van der Waals surface area contributed by atoms with Crippen molar-refractivity contribution in [1.82, 2.24) is 0 Å². The van der Waals surface area contributed by atoms with E-state index in [9.17, 15) is 29.7 Å². The Bertz CT molecular complexity index is 1200. The molecule has 0 aromatic rings. The Morgan fingerprint density at radius 1 is 1.10 bits per heavy atom. The van der Waals surface area contributed by atoms with Gasteiger partial charge in [0.1, 0.15) is 25.1 Å². The summed E-state index contributed by atoms with van der Waals surface area (Å²) in [5.41, 5.74) is -1.96. The molecule has 0 amide bonds. The van der Waals surface area contributed by atoms with Gasteiger partial charge in [-0.2, -0.15) is 0 Å². The number of carbonyl (C=O) groups excluding carboxylic acids is 3. The lowest BCUT2D eigenvalue weighted by Crippen LogP contribution is -2.71. The number of ether oxygens (including phenoxy) is 5. The van der Waals surface area contributed by atoms with E-state index in [2.05, 4.69) is 0 Å². The molecule has 7 aliphatic rings. The second-order valence-corrected chi connectivity index (χ2v) is 14.3. The summed E-state index contributed by atoms with van der Waals surface area (Å²) in [6, 6.07) is 0. The Labute approximate surface area is 244 Å². The van der Waals surface area contributed by atoms with Crippen LogP contribution >= 0.6 is 0 Å². The highest BCUT2D eigenvalue weighted by atomic mass is 16.8. The van der Waals surface area contributed by atoms with E-state index in [1.165, 1.54) is 13.0 Å². The molecule has 3 aliphatic heterocycles. The van der Waals surface area contributed by atoms with E-state index in [0.717, 1.165) is 11.9 Å². The second-order valence-electron chi connectivity index (χ2n) is 14.3. The summed E-state index contributed by atoms with van der Waals surface area (Å²) < 4.78 is 29.3. The van der Waals surface area contributed by atoms with E-state index in [1.54, 1.807) is 6.92 Å². The molecule has 0 bridgehead atoms.